The predicted octanol–water partition coefficient (Wildman–Crippen LogP) is 4.42. The fourth-order valence-electron chi connectivity index (χ4n) is 4.22. The molecular formula is C21H22N4. The van der Waals surface area contributed by atoms with E-state index in [9.17, 15) is 0 Å². The number of piperidine rings is 1. The molecule has 1 aliphatic heterocycles. The maximum atomic E-state index is 4.42. The number of likely N-dealkylation sites (tertiary alicyclic amines) is 1. The summed E-state index contributed by atoms with van der Waals surface area (Å²) in [5.41, 5.74) is 5.09. The van der Waals surface area contributed by atoms with Crippen LogP contribution in [-0.2, 0) is 6.54 Å². The van der Waals surface area contributed by atoms with Gasteiger partial charge in [-0.3, -0.25) is 4.90 Å². The molecule has 25 heavy (non-hydrogen) atoms. The van der Waals surface area contributed by atoms with Crippen LogP contribution in [0.3, 0.4) is 0 Å². The fourth-order valence-corrected chi connectivity index (χ4v) is 4.22. The molecule has 1 fully saturated rings. The normalized spacial score (nSPS) is 16.8. The van der Waals surface area contributed by atoms with Crippen molar-refractivity contribution in [1.29, 1.82) is 0 Å². The molecule has 0 atom stereocenters. The van der Waals surface area contributed by atoms with Gasteiger partial charge in [-0.15, -0.1) is 0 Å². The van der Waals surface area contributed by atoms with Crippen molar-refractivity contribution in [2.45, 2.75) is 25.3 Å². The summed E-state index contributed by atoms with van der Waals surface area (Å²) < 4.78 is 0. The molecule has 0 saturated carbocycles. The molecule has 4 nitrogen and oxygen atoms in total. The van der Waals surface area contributed by atoms with Crippen LogP contribution in [0.1, 0.15) is 29.9 Å². The lowest BCUT2D eigenvalue weighted by Gasteiger charge is -2.31. The van der Waals surface area contributed by atoms with Crippen LogP contribution in [0.5, 0.6) is 0 Å². The van der Waals surface area contributed by atoms with Gasteiger partial charge in [-0.25, -0.2) is 4.98 Å². The molecule has 2 N–H and O–H groups in total. The molecule has 1 aliphatic rings. The molecule has 3 aromatic heterocycles. The van der Waals surface area contributed by atoms with Gasteiger partial charge in [-0.1, -0.05) is 18.2 Å². The highest BCUT2D eigenvalue weighted by atomic mass is 15.1. The Bertz CT molecular complexity index is 1000. The molecule has 4 aromatic rings. The highest BCUT2D eigenvalue weighted by Crippen LogP contribution is 2.33. The summed E-state index contributed by atoms with van der Waals surface area (Å²) in [6, 6.07) is 12.8. The van der Waals surface area contributed by atoms with E-state index in [0.29, 0.717) is 5.92 Å². The first-order valence-corrected chi connectivity index (χ1v) is 9.08. The number of nitrogens with zero attached hydrogens (tertiary/aromatic N) is 2. The van der Waals surface area contributed by atoms with Crippen molar-refractivity contribution in [2.75, 3.05) is 13.1 Å². The summed E-state index contributed by atoms with van der Waals surface area (Å²) >= 11 is 0. The van der Waals surface area contributed by atoms with Crippen molar-refractivity contribution in [2.24, 2.45) is 0 Å². The number of aromatic amines is 2. The van der Waals surface area contributed by atoms with E-state index in [2.05, 4.69) is 62.6 Å². The molecule has 0 radical (unpaired) electrons. The van der Waals surface area contributed by atoms with Crippen LogP contribution < -0.4 is 0 Å². The summed E-state index contributed by atoms with van der Waals surface area (Å²) in [6.45, 7) is 3.33. The highest BCUT2D eigenvalue weighted by Gasteiger charge is 2.23. The monoisotopic (exact) mass is 330 g/mol. The van der Waals surface area contributed by atoms with E-state index in [1.54, 1.807) is 0 Å². The molecule has 0 bridgehead atoms. The summed E-state index contributed by atoms with van der Waals surface area (Å²) in [5, 5.41) is 2.64. The molecule has 0 aliphatic carbocycles. The maximum Gasteiger partial charge on any atom is 0.137 e. The van der Waals surface area contributed by atoms with Crippen LogP contribution in [-0.4, -0.2) is 32.9 Å². The first-order valence-electron chi connectivity index (χ1n) is 9.08. The number of hydrogen-bond donors (Lipinski definition) is 2. The van der Waals surface area contributed by atoms with Gasteiger partial charge in [0, 0.05) is 41.4 Å². The van der Waals surface area contributed by atoms with E-state index in [1.165, 1.54) is 40.3 Å². The van der Waals surface area contributed by atoms with Gasteiger partial charge in [0.05, 0.1) is 0 Å². The molecule has 5 rings (SSSR count). The zero-order chi connectivity index (χ0) is 16.6. The van der Waals surface area contributed by atoms with Crippen LogP contribution >= 0.6 is 0 Å². The van der Waals surface area contributed by atoms with Gasteiger partial charge in [0.1, 0.15) is 5.65 Å². The summed E-state index contributed by atoms with van der Waals surface area (Å²) in [7, 11) is 0. The van der Waals surface area contributed by atoms with Gasteiger partial charge in [0.2, 0.25) is 0 Å². The third-order valence-electron chi connectivity index (χ3n) is 5.58. The lowest BCUT2D eigenvalue weighted by Crippen LogP contribution is -2.32. The maximum absolute atomic E-state index is 4.42. The first kappa shape index (κ1) is 14.7. The summed E-state index contributed by atoms with van der Waals surface area (Å²) in [4.78, 5) is 13.7. The summed E-state index contributed by atoms with van der Waals surface area (Å²) in [5.74, 6) is 0.636. The second-order valence-electron chi connectivity index (χ2n) is 7.05. The van der Waals surface area contributed by atoms with Gasteiger partial charge in [0.25, 0.3) is 0 Å². The average Bonchev–Trinajstić information content (AvgIpc) is 3.27. The van der Waals surface area contributed by atoms with Crippen molar-refractivity contribution < 1.29 is 0 Å². The fraction of sp³-hybridized carbons (Fsp3) is 0.286. The smallest absolute Gasteiger partial charge is 0.137 e. The van der Waals surface area contributed by atoms with E-state index in [0.717, 1.165) is 25.3 Å². The third-order valence-corrected chi connectivity index (χ3v) is 5.58. The number of fused-ring (bicyclic) bond motifs is 2. The molecule has 1 saturated heterocycles. The minimum Gasteiger partial charge on any atom is -0.361 e. The Kier molecular flexibility index (Phi) is 3.56. The number of aromatic nitrogens is 3. The molecular weight excluding hydrogens is 308 g/mol. The minimum atomic E-state index is 0.636. The Labute approximate surface area is 146 Å². The molecule has 0 unspecified atom stereocenters. The SMILES string of the molecule is c1ccc2c(CN3CCC(c4c[nH]c5ncccc45)CC3)c[nH]c2c1. The quantitative estimate of drug-likeness (QED) is 0.584. The van der Waals surface area contributed by atoms with Crippen LogP contribution in [0, 0.1) is 0 Å². The number of rotatable bonds is 3. The van der Waals surface area contributed by atoms with Crippen molar-refractivity contribution in [3.63, 3.8) is 0 Å². The van der Waals surface area contributed by atoms with Crippen molar-refractivity contribution in [1.82, 2.24) is 19.9 Å². The summed E-state index contributed by atoms with van der Waals surface area (Å²) in [6.07, 6.45) is 8.61. The first-order chi connectivity index (χ1) is 12.4. The average molecular weight is 330 g/mol. The van der Waals surface area contributed by atoms with E-state index in [-0.39, 0.29) is 0 Å². The van der Waals surface area contributed by atoms with Crippen molar-refractivity contribution in [3.05, 3.63) is 66.1 Å². The lowest BCUT2D eigenvalue weighted by molar-refractivity contribution is 0.206. The molecule has 0 amide bonds. The van der Waals surface area contributed by atoms with Crippen molar-refractivity contribution in [3.8, 4) is 0 Å². The zero-order valence-corrected chi connectivity index (χ0v) is 14.2. The number of hydrogen-bond acceptors (Lipinski definition) is 2. The Balaban J connectivity index is 1.30. The lowest BCUT2D eigenvalue weighted by atomic mass is 9.89. The number of nitrogens with one attached hydrogen (secondary N) is 2. The van der Waals surface area contributed by atoms with Crippen LogP contribution in [0.15, 0.2) is 55.0 Å². The Morgan fingerprint density at radius 2 is 1.80 bits per heavy atom. The number of H-pyrrole nitrogens is 2. The number of benzene rings is 1. The molecule has 4 heterocycles. The van der Waals surface area contributed by atoms with Crippen LogP contribution in [0.4, 0.5) is 0 Å². The molecule has 1 aromatic carbocycles. The molecule has 4 heteroatoms. The molecule has 126 valence electrons. The zero-order valence-electron chi connectivity index (χ0n) is 14.2. The van der Waals surface area contributed by atoms with E-state index in [1.807, 2.05) is 12.3 Å². The van der Waals surface area contributed by atoms with E-state index >= 15 is 0 Å². The van der Waals surface area contributed by atoms with Gasteiger partial charge >= 0.3 is 0 Å². The third kappa shape index (κ3) is 2.63. The van der Waals surface area contributed by atoms with Gasteiger partial charge in [-0.2, -0.15) is 0 Å². The van der Waals surface area contributed by atoms with Gasteiger partial charge in [-0.05, 0) is 61.2 Å². The molecule has 0 spiro atoms. The van der Waals surface area contributed by atoms with Crippen LogP contribution in [0.2, 0.25) is 0 Å². The van der Waals surface area contributed by atoms with Gasteiger partial charge in [0.15, 0.2) is 0 Å². The van der Waals surface area contributed by atoms with Gasteiger partial charge < -0.3 is 9.97 Å². The van der Waals surface area contributed by atoms with E-state index in [4.69, 9.17) is 0 Å². The van der Waals surface area contributed by atoms with Crippen LogP contribution in [0.25, 0.3) is 21.9 Å². The number of para-hydroxylation sites is 1. The highest BCUT2D eigenvalue weighted by molar-refractivity contribution is 5.83. The minimum absolute atomic E-state index is 0.636. The Morgan fingerprint density at radius 3 is 2.72 bits per heavy atom. The van der Waals surface area contributed by atoms with Crippen molar-refractivity contribution >= 4 is 21.9 Å². The standard InChI is InChI=1S/C21H22N4/c1-2-6-20-17(4-1)16(12-23-20)14-25-10-7-15(8-11-25)19-13-24-21-18(19)5-3-9-22-21/h1-6,9,12-13,15,23H,7-8,10-11,14H2,(H,22,24). The Hall–Kier alpha value is -2.59. The number of pyridine rings is 1. The second kappa shape index (κ2) is 6.05. The Morgan fingerprint density at radius 1 is 0.960 bits per heavy atom. The predicted molar refractivity (Wildman–Crippen MR) is 102 cm³/mol. The van der Waals surface area contributed by atoms with E-state index < -0.39 is 0 Å². The second-order valence-corrected chi connectivity index (χ2v) is 7.05. The largest absolute Gasteiger partial charge is 0.361 e. The topological polar surface area (TPSA) is 47.7 Å².